The molecule has 20 heavy (non-hydrogen) atoms. The standard InChI is InChI=1S/C12H17F3N2O2S/c1-16-8-7-10-3-5-11(6-4-10)20(18,19)17(2)9-12(13,14)15/h3-6,16H,7-9H2,1-2H3. The number of hydrogen-bond acceptors (Lipinski definition) is 3. The van der Waals surface area contributed by atoms with Crippen LogP contribution in [-0.2, 0) is 16.4 Å². The fourth-order valence-corrected chi connectivity index (χ4v) is 2.77. The van der Waals surface area contributed by atoms with E-state index in [1.807, 2.05) is 0 Å². The number of nitrogens with one attached hydrogen (secondary N) is 1. The second kappa shape index (κ2) is 6.55. The van der Waals surface area contributed by atoms with E-state index in [0.29, 0.717) is 4.31 Å². The highest BCUT2D eigenvalue weighted by Crippen LogP contribution is 2.21. The van der Waals surface area contributed by atoms with Gasteiger partial charge in [-0.3, -0.25) is 0 Å². The molecule has 0 heterocycles. The highest BCUT2D eigenvalue weighted by molar-refractivity contribution is 7.89. The zero-order chi connectivity index (χ0) is 15.4. The van der Waals surface area contributed by atoms with Crippen molar-refractivity contribution in [3.63, 3.8) is 0 Å². The van der Waals surface area contributed by atoms with Crippen LogP contribution in [0.4, 0.5) is 13.2 Å². The molecule has 114 valence electrons. The van der Waals surface area contributed by atoms with E-state index in [4.69, 9.17) is 0 Å². The normalized spacial score (nSPS) is 12.9. The van der Waals surface area contributed by atoms with Crippen LogP contribution in [0, 0.1) is 0 Å². The summed E-state index contributed by atoms with van der Waals surface area (Å²) in [5.74, 6) is 0. The molecule has 1 N–H and O–H groups in total. The molecule has 0 aromatic heterocycles. The van der Waals surface area contributed by atoms with Crippen molar-refractivity contribution >= 4 is 10.0 Å². The Morgan fingerprint density at radius 1 is 1.20 bits per heavy atom. The monoisotopic (exact) mass is 310 g/mol. The van der Waals surface area contributed by atoms with Gasteiger partial charge in [0.25, 0.3) is 0 Å². The molecule has 0 saturated carbocycles. The van der Waals surface area contributed by atoms with Crippen molar-refractivity contribution in [2.75, 3.05) is 27.2 Å². The van der Waals surface area contributed by atoms with Gasteiger partial charge in [-0.15, -0.1) is 0 Å². The van der Waals surface area contributed by atoms with Crippen molar-refractivity contribution in [1.29, 1.82) is 0 Å². The van der Waals surface area contributed by atoms with Gasteiger partial charge in [-0.25, -0.2) is 8.42 Å². The molecule has 0 aliphatic heterocycles. The minimum absolute atomic E-state index is 0.141. The second-order valence-electron chi connectivity index (χ2n) is 4.37. The summed E-state index contributed by atoms with van der Waals surface area (Å²) in [7, 11) is -1.40. The molecule has 1 rings (SSSR count). The molecule has 0 fully saturated rings. The fourth-order valence-electron chi connectivity index (χ4n) is 1.61. The number of nitrogens with zero attached hydrogens (tertiary/aromatic N) is 1. The predicted octanol–water partition coefficient (Wildman–Crippen LogP) is 1.63. The van der Waals surface area contributed by atoms with Crippen LogP contribution in [0.3, 0.4) is 0 Å². The van der Waals surface area contributed by atoms with Crippen molar-refractivity contribution < 1.29 is 21.6 Å². The molecule has 8 heteroatoms. The first kappa shape index (κ1) is 16.9. The van der Waals surface area contributed by atoms with Crippen LogP contribution in [-0.4, -0.2) is 46.1 Å². The Labute approximate surface area is 116 Å². The molecule has 0 bridgehead atoms. The van der Waals surface area contributed by atoms with E-state index in [2.05, 4.69) is 5.32 Å². The SMILES string of the molecule is CNCCc1ccc(S(=O)(=O)N(C)CC(F)(F)F)cc1. The number of likely N-dealkylation sites (N-methyl/N-ethyl adjacent to an activating group) is 1. The largest absolute Gasteiger partial charge is 0.402 e. The summed E-state index contributed by atoms with van der Waals surface area (Å²) in [5.41, 5.74) is 0.914. The van der Waals surface area contributed by atoms with Gasteiger partial charge in [0.15, 0.2) is 0 Å². The Morgan fingerprint density at radius 2 is 1.75 bits per heavy atom. The third-order valence-electron chi connectivity index (χ3n) is 2.70. The molecule has 0 amide bonds. The lowest BCUT2D eigenvalue weighted by molar-refractivity contribution is -0.134. The van der Waals surface area contributed by atoms with Crippen LogP contribution in [0.2, 0.25) is 0 Å². The van der Waals surface area contributed by atoms with Gasteiger partial charge in [-0.2, -0.15) is 17.5 Å². The van der Waals surface area contributed by atoms with Gasteiger partial charge in [0, 0.05) is 7.05 Å². The number of alkyl halides is 3. The minimum Gasteiger partial charge on any atom is -0.319 e. The molecular weight excluding hydrogens is 293 g/mol. The molecule has 0 atom stereocenters. The lowest BCUT2D eigenvalue weighted by atomic mass is 10.1. The molecule has 0 aliphatic rings. The smallest absolute Gasteiger partial charge is 0.319 e. The van der Waals surface area contributed by atoms with E-state index in [1.165, 1.54) is 12.1 Å². The van der Waals surface area contributed by atoms with Gasteiger partial charge >= 0.3 is 6.18 Å². The Balaban J connectivity index is 2.87. The number of benzene rings is 1. The molecule has 0 spiro atoms. The third-order valence-corrected chi connectivity index (χ3v) is 4.51. The zero-order valence-corrected chi connectivity index (χ0v) is 12.1. The van der Waals surface area contributed by atoms with Gasteiger partial charge in [0.05, 0.1) is 4.90 Å². The topological polar surface area (TPSA) is 49.4 Å². The van der Waals surface area contributed by atoms with Gasteiger partial charge in [0.1, 0.15) is 6.54 Å². The van der Waals surface area contributed by atoms with Crippen molar-refractivity contribution in [2.24, 2.45) is 0 Å². The lowest BCUT2D eigenvalue weighted by Gasteiger charge is -2.18. The van der Waals surface area contributed by atoms with E-state index < -0.39 is 22.7 Å². The molecule has 0 radical (unpaired) electrons. The van der Waals surface area contributed by atoms with E-state index in [-0.39, 0.29) is 4.90 Å². The first-order chi connectivity index (χ1) is 9.16. The first-order valence-electron chi connectivity index (χ1n) is 5.93. The highest BCUT2D eigenvalue weighted by Gasteiger charge is 2.34. The Morgan fingerprint density at radius 3 is 2.20 bits per heavy atom. The Kier molecular flexibility index (Phi) is 5.55. The van der Waals surface area contributed by atoms with E-state index in [0.717, 1.165) is 25.6 Å². The third kappa shape index (κ3) is 4.77. The molecule has 1 aromatic rings. The fraction of sp³-hybridized carbons (Fsp3) is 0.500. The average molecular weight is 310 g/mol. The first-order valence-corrected chi connectivity index (χ1v) is 7.37. The van der Waals surface area contributed by atoms with Gasteiger partial charge in [0.2, 0.25) is 10.0 Å². The molecule has 1 aromatic carbocycles. The quantitative estimate of drug-likeness (QED) is 0.869. The molecular formula is C12H17F3N2O2S. The number of sulfonamides is 1. The van der Waals surface area contributed by atoms with Crippen molar-refractivity contribution in [1.82, 2.24) is 9.62 Å². The summed E-state index contributed by atoms with van der Waals surface area (Å²) in [6.07, 6.45) is -3.84. The van der Waals surface area contributed by atoms with Crippen LogP contribution in [0.25, 0.3) is 0 Å². The van der Waals surface area contributed by atoms with Crippen LogP contribution in [0.5, 0.6) is 0 Å². The minimum atomic E-state index is -4.56. The maximum absolute atomic E-state index is 12.2. The summed E-state index contributed by atoms with van der Waals surface area (Å²) in [4.78, 5) is -0.141. The Bertz CT molecular complexity index is 527. The van der Waals surface area contributed by atoms with Crippen LogP contribution in [0.15, 0.2) is 29.2 Å². The number of rotatable bonds is 6. The van der Waals surface area contributed by atoms with E-state index in [9.17, 15) is 21.6 Å². The highest BCUT2D eigenvalue weighted by atomic mass is 32.2. The second-order valence-corrected chi connectivity index (χ2v) is 6.42. The molecule has 0 saturated heterocycles. The lowest BCUT2D eigenvalue weighted by Crippen LogP contribution is -2.35. The van der Waals surface area contributed by atoms with Gasteiger partial charge in [-0.05, 0) is 37.7 Å². The zero-order valence-electron chi connectivity index (χ0n) is 11.2. The summed E-state index contributed by atoms with van der Waals surface area (Å²) < 4.78 is 60.9. The van der Waals surface area contributed by atoms with Crippen molar-refractivity contribution in [2.45, 2.75) is 17.5 Å². The molecule has 4 nitrogen and oxygen atoms in total. The van der Waals surface area contributed by atoms with Gasteiger partial charge < -0.3 is 5.32 Å². The summed E-state index contributed by atoms with van der Waals surface area (Å²) in [6.45, 7) is -0.767. The average Bonchev–Trinajstić information content (AvgIpc) is 2.34. The van der Waals surface area contributed by atoms with Gasteiger partial charge in [-0.1, -0.05) is 12.1 Å². The van der Waals surface area contributed by atoms with Crippen LogP contribution >= 0.6 is 0 Å². The summed E-state index contributed by atoms with van der Waals surface area (Å²) in [5, 5.41) is 2.95. The molecule has 0 aliphatic carbocycles. The van der Waals surface area contributed by atoms with Crippen LogP contribution in [0.1, 0.15) is 5.56 Å². The number of hydrogen-bond donors (Lipinski definition) is 1. The summed E-state index contributed by atoms with van der Waals surface area (Å²) in [6, 6.07) is 5.86. The maximum atomic E-state index is 12.2. The van der Waals surface area contributed by atoms with Crippen molar-refractivity contribution in [3.05, 3.63) is 29.8 Å². The maximum Gasteiger partial charge on any atom is 0.402 e. The summed E-state index contributed by atoms with van der Waals surface area (Å²) >= 11 is 0. The Hall–Kier alpha value is -1.12. The number of halogens is 3. The predicted molar refractivity (Wildman–Crippen MR) is 69.9 cm³/mol. The molecule has 0 unspecified atom stereocenters. The van der Waals surface area contributed by atoms with E-state index in [1.54, 1.807) is 19.2 Å². The van der Waals surface area contributed by atoms with Crippen molar-refractivity contribution in [3.8, 4) is 0 Å². The van der Waals surface area contributed by atoms with E-state index >= 15 is 0 Å². The van der Waals surface area contributed by atoms with Crippen LogP contribution < -0.4 is 5.32 Å².